The van der Waals surface area contributed by atoms with Crippen molar-refractivity contribution in [1.29, 1.82) is 0 Å². The fourth-order valence-electron chi connectivity index (χ4n) is 1.03. The van der Waals surface area contributed by atoms with E-state index < -0.39 is 6.10 Å². The first kappa shape index (κ1) is 10.3. The SMILES string of the molecule is CCSC1NC(=O)C(OC)C(=O)N1. The summed E-state index contributed by atoms with van der Waals surface area (Å²) in [5, 5.41) is 5.23. The Morgan fingerprint density at radius 2 is 1.92 bits per heavy atom. The van der Waals surface area contributed by atoms with Gasteiger partial charge in [-0.3, -0.25) is 9.59 Å². The van der Waals surface area contributed by atoms with Gasteiger partial charge >= 0.3 is 0 Å². The number of carbonyl (C=O) groups is 2. The summed E-state index contributed by atoms with van der Waals surface area (Å²) < 4.78 is 4.71. The van der Waals surface area contributed by atoms with E-state index in [9.17, 15) is 9.59 Å². The summed E-state index contributed by atoms with van der Waals surface area (Å²) in [6.45, 7) is 1.95. The van der Waals surface area contributed by atoms with Gasteiger partial charge in [0.15, 0.2) is 0 Å². The number of carbonyl (C=O) groups excluding carboxylic acids is 2. The molecule has 0 unspecified atom stereocenters. The van der Waals surface area contributed by atoms with E-state index in [0.717, 1.165) is 5.75 Å². The van der Waals surface area contributed by atoms with E-state index in [1.54, 1.807) is 0 Å². The maximum absolute atomic E-state index is 11.2. The lowest BCUT2D eigenvalue weighted by molar-refractivity contribution is -0.147. The maximum atomic E-state index is 11.2. The smallest absolute Gasteiger partial charge is 0.261 e. The van der Waals surface area contributed by atoms with Crippen molar-refractivity contribution in [1.82, 2.24) is 10.6 Å². The zero-order valence-corrected chi connectivity index (χ0v) is 8.31. The van der Waals surface area contributed by atoms with E-state index in [4.69, 9.17) is 4.74 Å². The third kappa shape index (κ3) is 2.35. The highest BCUT2D eigenvalue weighted by Crippen LogP contribution is 2.09. The van der Waals surface area contributed by atoms with Crippen LogP contribution in [0.3, 0.4) is 0 Å². The molecule has 1 rings (SSSR count). The lowest BCUT2D eigenvalue weighted by atomic mass is 10.3. The van der Waals surface area contributed by atoms with Crippen LogP contribution >= 0.6 is 11.8 Å². The van der Waals surface area contributed by atoms with Crippen molar-refractivity contribution in [3.63, 3.8) is 0 Å². The van der Waals surface area contributed by atoms with Gasteiger partial charge in [0.25, 0.3) is 11.8 Å². The van der Waals surface area contributed by atoms with Crippen molar-refractivity contribution < 1.29 is 14.3 Å². The lowest BCUT2D eigenvalue weighted by Crippen LogP contribution is -2.61. The highest BCUT2D eigenvalue weighted by atomic mass is 32.2. The molecule has 0 radical (unpaired) electrons. The second-order valence-corrected chi connectivity index (χ2v) is 3.85. The van der Waals surface area contributed by atoms with E-state index in [1.165, 1.54) is 18.9 Å². The van der Waals surface area contributed by atoms with E-state index in [1.807, 2.05) is 6.92 Å². The summed E-state index contributed by atoms with van der Waals surface area (Å²) in [4.78, 5) is 22.4. The molecule has 1 aliphatic heterocycles. The molecule has 13 heavy (non-hydrogen) atoms. The fraction of sp³-hybridized carbons (Fsp3) is 0.714. The predicted octanol–water partition coefficient (Wildman–Crippen LogP) is -0.716. The van der Waals surface area contributed by atoms with Crippen LogP contribution in [0.15, 0.2) is 0 Å². The topological polar surface area (TPSA) is 67.4 Å². The molecule has 74 valence electrons. The van der Waals surface area contributed by atoms with E-state index in [2.05, 4.69) is 10.6 Å². The van der Waals surface area contributed by atoms with Gasteiger partial charge < -0.3 is 15.4 Å². The van der Waals surface area contributed by atoms with Crippen molar-refractivity contribution in [3.05, 3.63) is 0 Å². The molecular formula is C7H12N2O3S. The van der Waals surface area contributed by atoms with Gasteiger partial charge in [-0.25, -0.2) is 0 Å². The molecule has 0 atom stereocenters. The third-order valence-corrected chi connectivity index (χ3v) is 2.49. The highest BCUT2D eigenvalue weighted by molar-refractivity contribution is 7.99. The molecular weight excluding hydrogens is 192 g/mol. The third-order valence-electron chi connectivity index (χ3n) is 1.59. The van der Waals surface area contributed by atoms with Crippen LogP contribution in [-0.2, 0) is 14.3 Å². The zero-order chi connectivity index (χ0) is 9.84. The van der Waals surface area contributed by atoms with Crippen molar-refractivity contribution in [3.8, 4) is 0 Å². The number of methoxy groups -OCH3 is 1. The summed E-state index contributed by atoms with van der Waals surface area (Å²) in [7, 11) is 1.33. The molecule has 0 spiro atoms. The standard InChI is InChI=1S/C7H12N2O3S/c1-3-13-7-8-5(10)4(12-2)6(11)9-7/h4,7H,3H2,1-2H3,(H,8,10)(H,9,11). The molecule has 0 aliphatic carbocycles. The minimum absolute atomic E-state index is 0.323. The predicted molar refractivity (Wildman–Crippen MR) is 49.0 cm³/mol. The summed E-state index contributed by atoms with van der Waals surface area (Å²) in [6.07, 6.45) is -1.01. The average molecular weight is 204 g/mol. The number of amides is 2. The number of nitrogens with one attached hydrogen (secondary N) is 2. The van der Waals surface area contributed by atoms with Crippen molar-refractivity contribution in [2.75, 3.05) is 12.9 Å². The van der Waals surface area contributed by atoms with Crippen molar-refractivity contribution in [2.24, 2.45) is 0 Å². The Bertz CT molecular complexity index is 204. The van der Waals surface area contributed by atoms with Gasteiger partial charge in [-0.15, -0.1) is 11.8 Å². The minimum atomic E-state index is -1.01. The molecule has 1 aliphatic rings. The second kappa shape index (κ2) is 4.48. The molecule has 2 N–H and O–H groups in total. The van der Waals surface area contributed by atoms with Gasteiger partial charge in [0.2, 0.25) is 6.10 Å². The van der Waals surface area contributed by atoms with E-state index >= 15 is 0 Å². The number of thioether (sulfide) groups is 1. The van der Waals surface area contributed by atoms with Gasteiger partial charge in [-0.1, -0.05) is 6.92 Å². The molecule has 0 aromatic carbocycles. The monoisotopic (exact) mass is 204 g/mol. The summed E-state index contributed by atoms with van der Waals surface area (Å²) in [5.41, 5.74) is -0.323. The first-order chi connectivity index (χ1) is 6.19. The molecule has 5 nitrogen and oxygen atoms in total. The van der Waals surface area contributed by atoms with Crippen molar-refractivity contribution in [2.45, 2.75) is 18.5 Å². The van der Waals surface area contributed by atoms with Crippen LogP contribution in [0, 0.1) is 0 Å². The van der Waals surface area contributed by atoms with E-state index in [-0.39, 0.29) is 17.3 Å². The molecule has 2 amide bonds. The Hall–Kier alpha value is -0.750. The largest absolute Gasteiger partial charge is 0.362 e. The van der Waals surface area contributed by atoms with Gasteiger partial charge in [0.1, 0.15) is 5.50 Å². The fourth-order valence-corrected chi connectivity index (χ4v) is 1.76. The molecule has 1 fully saturated rings. The Morgan fingerprint density at radius 3 is 2.31 bits per heavy atom. The average Bonchev–Trinajstić information content (AvgIpc) is 2.04. The van der Waals surface area contributed by atoms with E-state index in [0.29, 0.717) is 0 Å². The Balaban J connectivity index is 2.56. The second-order valence-electron chi connectivity index (χ2n) is 2.47. The molecule has 1 saturated heterocycles. The lowest BCUT2D eigenvalue weighted by Gasteiger charge is -2.27. The number of hydrogen-bond acceptors (Lipinski definition) is 4. The first-order valence-corrected chi connectivity index (χ1v) is 4.99. The Morgan fingerprint density at radius 1 is 1.38 bits per heavy atom. The Kier molecular flexibility index (Phi) is 3.56. The van der Waals surface area contributed by atoms with Crippen LogP contribution in [0.4, 0.5) is 0 Å². The van der Waals surface area contributed by atoms with Crippen LogP contribution in [0.25, 0.3) is 0 Å². The van der Waals surface area contributed by atoms with Gasteiger partial charge in [-0.2, -0.15) is 0 Å². The normalized spacial score (nSPS) is 28.2. The van der Waals surface area contributed by atoms with Crippen LogP contribution in [0.2, 0.25) is 0 Å². The van der Waals surface area contributed by atoms with Crippen LogP contribution in [0.5, 0.6) is 0 Å². The van der Waals surface area contributed by atoms with Gasteiger partial charge in [0, 0.05) is 7.11 Å². The molecule has 0 saturated carbocycles. The number of ether oxygens (including phenoxy) is 1. The molecule has 0 bridgehead atoms. The quantitative estimate of drug-likeness (QED) is 0.596. The number of hydrogen-bond donors (Lipinski definition) is 2. The highest BCUT2D eigenvalue weighted by Gasteiger charge is 2.34. The summed E-state index contributed by atoms with van der Waals surface area (Å²) >= 11 is 1.45. The summed E-state index contributed by atoms with van der Waals surface area (Å²) in [5.74, 6) is 0.0671. The van der Waals surface area contributed by atoms with Crippen molar-refractivity contribution >= 4 is 23.6 Å². The van der Waals surface area contributed by atoms with Gasteiger partial charge in [-0.05, 0) is 5.75 Å². The Labute approximate surface area is 80.6 Å². The molecule has 6 heteroatoms. The molecule has 0 aromatic heterocycles. The van der Waals surface area contributed by atoms with Crippen LogP contribution in [0.1, 0.15) is 6.92 Å². The maximum Gasteiger partial charge on any atom is 0.261 e. The minimum Gasteiger partial charge on any atom is -0.362 e. The number of rotatable bonds is 3. The zero-order valence-electron chi connectivity index (χ0n) is 7.49. The van der Waals surface area contributed by atoms with Crippen LogP contribution in [-0.4, -0.2) is 36.3 Å². The molecule has 1 heterocycles. The molecule has 0 aromatic rings. The summed E-state index contributed by atoms with van der Waals surface area (Å²) in [6, 6.07) is 0. The van der Waals surface area contributed by atoms with Gasteiger partial charge in [0.05, 0.1) is 0 Å². The van der Waals surface area contributed by atoms with Crippen LogP contribution < -0.4 is 10.6 Å². The first-order valence-electron chi connectivity index (χ1n) is 3.94.